The highest BCUT2D eigenvalue weighted by Crippen LogP contribution is 2.21. The van der Waals surface area contributed by atoms with E-state index in [9.17, 15) is 14.4 Å². The lowest BCUT2D eigenvalue weighted by Crippen LogP contribution is -2.32. The number of nitrogens with zero attached hydrogens (tertiary/aromatic N) is 2. The molecule has 0 spiro atoms. The van der Waals surface area contributed by atoms with Crippen LogP contribution in [0.4, 0.5) is 5.69 Å². The van der Waals surface area contributed by atoms with Crippen LogP contribution < -0.4 is 16.6 Å². The summed E-state index contributed by atoms with van der Waals surface area (Å²) in [5.41, 5.74) is 0.355. The number of aryl methyl sites for hydroxylation is 1. The Morgan fingerprint density at radius 3 is 2.52 bits per heavy atom. The van der Waals surface area contributed by atoms with Gasteiger partial charge in [-0.3, -0.25) is 19.1 Å². The second kappa shape index (κ2) is 7.36. The maximum Gasteiger partial charge on any atom is 0.329 e. The number of aromatic nitrogens is 3. The van der Waals surface area contributed by atoms with Crippen LogP contribution in [0.25, 0.3) is 11.0 Å². The maximum atomic E-state index is 12.9. The van der Waals surface area contributed by atoms with Crippen molar-refractivity contribution in [1.82, 2.24) is 14.5 Å². The van der Waals surface area contributed by atoms with Crippen molar-refractivity contribution in [3.63, 3.8) is 0 Å². The monoisotopic (exact) mass is 386 g/mol. The second-order valence-corrected chi connectivity index (χ2v) is 6.85. The topological polar surface area (TPSA) is 96.9 Å². The third kappa shape index (κ3) is 3.64. The summed E-state index contributed by atoms with van der Waals surface area (Å²) in [7, 11) is 0. The standard InChI is InChI=1S/C19H19ClN4O3/c1-4-24-16-15(18(26)23-19(24)27)13(9-14(22-16)10(2)3)17(25)21-12-7-5-11(20)6-8-12/h5-10H,4H2,1-3H3,(H,21,25)(H,23,26,27). The molecule has 0 unspecified atom stereocenters. The van der Waals surface area contributed by atoms with Crippen LogP contribution >= 0.6 is 11.6 Å². The number of fused-ring (bicyclic) bond motifs is 1. The molecule has 0 radical (unpaired) electrons. The molecule has 2 heterocycles. The first kappa shape index (κ1) is 18.8. The zero-order chi connectivity index (χ0) is 19.7. The zero-order valence-corrected chi connectivity index (χ0v) is 15.9. The number of benzene rings is 1. The fraction of sp³-hybridized carbons (Fsp3) is 0.263. The number of nitrogens with one attached hydrogen (secondary N) is 2. The van der Waals surface area contributed by atoms with Crippen LogP contribution in [-0.2, 0) is 6.54 Å². The lowest BCUT2D eigenvalue weighted by Gasteiger charge is -2.14. The Bertz CT molecular complexity index is 1130. The molecule has 0 atom stereocenters. The van der Waals surface area contributed by atoms with Crippen molar-refractivity contribution in [2.75, 3.05) is 5.32 Å². The van der Waals surface area contributed by atoms with Gasteiger partial charge in [-0.1, -0.05) is 25.4 Å². The van der Waals surface area contributed by atoms with Crippen molar-refractivity contribution in [3.8, 4) is 0 Å². The number of hydrogen-bond acceptors (Lipinski definition) is 4. The van der Waals surface area contributed by atoms with Gasteiger partial charge in [0.1, 0.15) is 0 Å². The summed E-state index contributed by atoms with van der Waals surface area (Å²) < 4.78 is 1.35. The summed E-state index contributed by atoms with van der Waals surface area (Å²) in [5.74, 6) is -0.449. The van der Waals surface area contributed by atoms with Gasteiger partial charge in [-0.25, -0.2) is 9.78 Å². The third-order valence-electron chi connectivity index (χ3n) is 4.22. The molecule has 3 aromatic rings. The molecule has 2 aromatic heterocycles. The third-order valence-corrected chi connectivity index (χ3v) is 4.47. The molecular formula is C19H19ClN4O3. The number of H-pyrrole nitrogens is 1. The Morgan fingerprint density at radius 1 is 1.26 bits per heavy atom. The van der Waals surface area contributed by atoms with Crippen molar-refractivity contribution in [2.45, 2.75) is 33.2 Å². The molecule has 27 heavy (non-hydrogen) atoms. The molecule has 140 valence electrons. The Hall–Kier alpha value is -2.93. The Morgan fingerprint density at radius 2 is 1.93 bits per heavy atom. The SMILES string of the molecule is CCn1c(=O)[nH]c(=O)c2c(C(=O)Nc3ccc(Cl)cc3)cc(C(C)C)nc21. The second-order valence-electron chi connectivity index (χ2n) is 6.41. The highest BCUT2D eigenvalue weighted by Gasteiger charge is 2.20. The highest BCUT2D eigenvalue weighted by atomic mass is 35.5. The molecule has 8 heteroatoms. The average molecular weight is 387 g/mol. The molecule has 0 fully saturated rings. The molecule has 0 saturated heterocycles. The zero-order valence-electron chi connectivity index (χ0n) is 15.2. The largest absolute Gasteiger partial charge is 0.329 e. The molecule has 0 bridgehead atoms. The van der Waals surface area contributed by atoms with Crippen LogP contribution in [0.3, 0.4) is 0 Å². The molecule has 1 amide bonds. The number of hydrogen-bond donors (Lipinski definition) is 2. The van der Waals surface area contributed by atoms with Gasteiger partial charge in [-0.05, 0) is 43.2 Å². The van der Waals surface area contributed by atoms with E-state index in [0.29, 0.717) is 22.9 Å². The lowest BCUT2D eigenvalue weighted by atomic mass is 10.0. The average Bonchev–Trinajstić information content (AvgIpc) is 2.62. The fourth-order valence-corrected chi connectivity index (χ4v) is 2.92. The highest BCUT2D eigenvalue weighted by molar-refractivity contribution is 6.30. The molecule has 0 saturated carbocycles. The van der Waals surface area contributed by atoms with E-state index in [4.69, 9.17) is 11.6 Å². The van der Waals surface area contributed by atoms with Crippen molar-refractivity contribution < 1.29 is 4.79 Å². The molecule has 0 aliphatic heterocycles. The first-order chi connectivity index (χ1) is 12.8. The van der Waals surface area contributed by atoms with Crippen molar-refractivity contribution >= 4 is 34.2 Å². The van der Waals surface area contributed by atoms with Crippen LogP contribution in [-0.4, -0.2) is 20.4 Å². The minimum Gasteiger partial charge on any atom is -0.322 e. The van der Waals surface area contributed by atoms with E-state index in [1.807, 2.05) is 13.8 Å². The predicted molar refractivity (Wildman–Crippen MR) is 106 cm³/mol. The van der Waals surface area contributed by atoms with E-state index in [0.717, 1.165) is 0 Å². The number of carbonyl (C=O) groups excluding carboxylic acids is 1. The summed E-state index contributed by atoms with van der Waals surface area (Å²) in [5, 5.41) is 3.40. The van der Waals surface area contributed by atoms with Gasteiger partial charge in [0, 0.05) is 22.9 Å². The van der Waals surface area contributed by atoms with Crippen LogP contribution in [0.5, 0.6) is 0 Å². The van der Waals surface area contributed by atoms with E-state index in [1.54, 1.807) is 37.3 Å². The quantitative estimate of drug-likeness (QED) is 0.719. The van der Waals surface area contributed by atoms with Gasteiger partial charge in [0.25, 0.3) is 11.5 Å². The molecule has 7 nitrogen and oxygen atoms in total. The van der Waals surface area contributed by atoms with Crippen LogP contribution in [0, 0.1) is 0 Å². The molecular weight excluding hydrogens is 368 g/mol. The van der Waals surface area contributed by atoms with Gasteiger partial charge in [0.15, 0.2) is 5.65 Å². The summed E-state index contributed by atoms with van der Waals surface area (Å²) in [6.07, 6.45) is 0. The minimum atomic E-state index is -0.635. The van der Waals surface area contributed by atoms with Crippen LogP contribution in [0.1, 0.15) is 42.7 Å². The summed E-state index contributed by atoms with van der Waals surface area (Å²) in [6.45, 7) is 5.95. The normalized spacial score (nSPS) is 11.1. The number of rotatable bonds is 4. The number of halogens is 1. The van der Waals surface area contributed by atoms with Crippen molar-refractivity contribution in [2.24, 2.45) is 0 Å². The van der Waals surface area contributed by atoms with E-state index in [2.05, 4.69) is 15.3 Å². The first-order valence-electron chi connectivity index (χ1n) is 8.56. The van der Waals surface area contributed by atoms with E-state index in [1.165, 1.54) is 4.57 Å². The summed E-state index contributed by atoms with van der Waals surface area (Å²) in [4.78, 5) is 44.2. The van der Waals surface area contributed by atoms with Gasteiger partial charge >= 0.3 is 5.69 Å². The number of aromatic amines is 1. The maximum absolute atomic E-state index is 12.9. The fourth-order valence-electron chi connectivity index (χ4n) is 2.79. The molecule has 0 aliphatic carbocycles. The van der Waals surface area contributed by atoms with Gasteiger partial charge in [-0.2, -0.15) is 0 Å². The van der Waals surface area contributed by atoms with Gasteiger partial charge in [-0.15, -0.1) is 0 Å². The summed E-state index contributed by atoms with van der Waals surface area (Å²) >= 11 is 5.87. The van der Waals surface area contributed by atoms with E-state index in [-0.39, 0.29) is 22.5 Å². The molecule has 0 aliphatic rings. The number of amides is 1. The molecule has 3 rings (SSSR count). The van der Waals surface area contributed by atoms with Gasteiger partial charge in [0.05, 0.1) is 10.9 Å². The van der Waals surface area contributed by atoms with E-state index < -0.39 is 17.2 Å². The van der Waals surface area contributed by atoms with Gasteiger partial charge in [0.2, 0.25) is 0 Å². The predicted octanol–water partition coefficient (Wildman–Crippen LogP) is 3.13. The van der Waals surface area contributed by atoms with Crippen LogP contribution in [0.15, 0.2) is 39.9 Å². The Kier molecular flexibility index (Phi) is 5.14. The van der Waals surface area contributed by atoms with Gasteiger partial charge < -0.3 is 5.32 Å². The number of pyridine rings is 1. The van der Waals surface area contributed by atoms with Crippen LogP contribution in [0.2, 0.25) is 5.02 Å². The molecule has 2 N–H and O–H groups in total. The summed E-state index contributed by atoms with van der Waals surface area (Å²) in [6, 6.07) is 8.24. The molecule has 1 aromatic carbocycles. The first-order valence-corrected chi connectivity index (χ1v) is 8.94. The van der Waals surface area contributed by atoms with Crippen molar-refractivity contribution in [1.29, 1.82) is 0 Å². The lowest BCUT2D eigenvalue weighted by molar-refractivity contribution is 0.102. The Balaban J connectivity index is 2.24. The number of carbonyl (C=O) groups is 1. The Labute approximate surface area is 160 Å². The van der Waals surface area contributed by atoms with E-state index >= 15 is 0 Å². The minimum absolute atomic E-state index is 0.0103. The smallest absolute Gasteiger partial charge is 0.322 e. The number of anilines is 1. The van der Waals surface area contributed by atoms with Crippen molar-refractivity contribution in [3.05, 3.63) is 67.4 Å².